The van der Waals surface area contributed by atoms with E-state index in [-0.39, 0.29) is 27.2 Å². The number of thiazole rings is 1. The fourth-order valence-corrected chi connectivity index (χ4v) is 4.31. The third-order valence-electron chi connectivity index (χ3n) is 4.86. The third-order valence-corrected chi connectivity index (χ3v) is 5.92. The molecule has 9 nitrogen and oxygen atoms in total. The Morgan fingerprint density at radius 2 is 2.00 bits per heavy atom. The highest BCUT2D eigenvalue weighted by Gasteiger charge is 2.14. The number of hydrogen-bond donors (Lipinski definition) is 1. The summed E-state index contributed by atoms with van der Waals surface area (Å²) in [7, 11) is 0. The Bertz CT molecular complexity index is 1460. The van der Waals surface area contributed by atoms with Crippen LogP contribution in [0.3, 0.4) is 0 Å². The number of halogens is 1. The van der Waals surface area contributed by atoms with E-state index in [4.69, 9.17) is 4.74 Å². The van der Waals surface area contributed by atoms with Crippen LogP contribution in [0.2, 0.25) is 0 Å². The van der Waals surface area contributed by atoms with Gasteiger partial charge in [0.25, 0.3) is 11.2 Å². The fraction of sp³-hybridized carbons (Fsp3) is 0.208. The lowest BCUT2D eigenvalue weighted by Crippen LogP contribution is -2.36. The molecule has 0 saturated heterocycles. The maximum Gasteiger partial charge on any atom is 0.333 e. The zero-order chi connectivity index (χ0) is 25.5. The molecule has 0 aliphatic heterocycles. The van der Waals surface area contributed by atoms with Crippen LogP contribution in [0.5, 0.6) is 0 Å². The Balaban J connectivity index is 2.05. The first kappa shape index (κ1) is 25.5. The SMILES string of the molecule is CCOC(=O)/C=c1\s/c(=C\c2ccc(CC)c([N+](=O)[O-])c2)c(=O)n1CC(=O)Nc1cccc(F)c1. The number of hydrogen-bond acceptors (Lipinski definition) is 7. The molecule has 0 fully saturated rings. The first-order valence-corrected chi connectivity index (χ1v) is 11.5. The van der Waals surface area contributed by atoms with E-state index < -0.39 is 34.7 Å². The maximum absolute atomic E-state index is 13.4. The normalized spacial score (nSPS) is 12.0. The average Bonchev–Trinajstić information content (AvgIpc) is 3.07. The molecule has 1 amide bonds. The summed E-state index contributed by atoms with van der Waals surface area (Å²) in [5.74, 6) is -1.84. The quantitative estimate of drug-likeness (QED) is 0.289. The highest BCUT2D eigenvalue weighted by atomic mass is 32.1. The molecule has 3 rings (SSSR count). The number of nitrogens with one attached hydrogen (secondary N) is 1. The zero-order valence-corrected chi connectivity index (χ0v) is 19.8. The summed E-state index contributed by atoms with van der Waals surface area (Å²) < 4.78 is 19.8. The Morgan fingerprint density at radius 3 is 2.66 bits per heavy atom. The van der Waals surface area contributed by atoms with E-state index in [0.717, 1.165) is 28.0 Å². The van der Waals surface area contributed by atoms with E-state index in [2.05, 4.69) is 5.32 Å². The number of aryl methyl sites for hydroxylation is 1. The number of rotatable bonds is 8. The number of nitro groups is 1. The van der Waals surface area contributed by atoms with Crippen molar-refractivity contribution in [3.8, 4) is 0 Å². The Morgan fingerprint density at radius 1 is 1.23 bits per heavy atom. The molecular weight excluding hydrogens is 477 g/mol. The van der Waals surface area contributed by atoms with Gasteiger partial charge in [-0.05, 0) is 43.2 Å². The minimum Gasteiger partial charge on any atom is -0.463 e. The minimum atomic E-state index is -0.692. The molecule has 35 heavy (non-hydrogen) atoms. The van der Waals surface area contributed by atoms with Gasteiger partial charge >= 0.3 is 5.97 Å². The van der Waals surface area contributed by atoms with E-state index >= 15 is 0 Å². The van der Waals surface area contributed by atoms with Gasteiger partial charge in [-0.25, -0.2) is 9.18 Å². The van der Waals surface area contributed by atoms with Crippen molar-refractivity contribution in [3.63, 3.8) is 0 Å². The Kier molecular flexibility index (Phi) is 8.26. The molecule has 0 radical (unpaired) electrons. The monoisotopic (exact) mass is 499 g/mol. The molecule has 1 N–H and O–H groups in total. The molecule has 1 aromatic heterocycles. The van der Waals surface area contributed by atoms with Crippen molar-refractivity contribution in [3.05, 3.63) is 89.1 Å². The van der Waals surface area contributed by atoms with Crippen LogP contribution in [0, 0.1) is 15.9 Å². The van der Waals surface area contributed by atoms with Crippen molar-refractivity contribution in [2.45, 2.75) is 26.8 Å². The second kappa shape index (κ2) is 11.3. The summed E-state index contributed by atoms with van der Waals surface area (Å²) in [5, 5.41) is 13.9. The number of aromatic nitrogens is 1. The van der Waals surface area contributed by atoms with Gasteiger partial charge in [0, 0.05) is 17.3 Å². The molecule has 0 aliphatic rings. The summed E-state index contributed by atoms with van der Waals surface area (Å²) in [6.07, 6.45) is 3.04. The topological polar surface area (TPSA) is 121 Å². The lowest BCUT2D eigenvalue weighted by atomic mass is 10.1. The van der Waals surface area contributed by atoms with Crippen LogP contribution in [0.15, 0.2) is 47.3 Å². The van der Waals surface area contributed by atoms with Crippen molar-refractivity contribution >= 4 is 46.7 Å². The van der Waals surface area contributed by atoms with Crippen molar-refractivity contribution in [2.75, 3.05) is 11.9 Å². The van der Waals surface area contributed by atoms with Crippen molar-refractivity contribution in [1.29, 1.82) is 0 Å². The van der Waals surface area contributed by atoms with Crippen LogP contribution in [0.1, 0.15) is 25.0 Å². The second-order valence-corrected chi connectivity index (χ2v) is 8.36. The first-order valence-electron chi connectivity index (χ1n) is 10.6. The summed E-state index contributed by atoms with van der Waals surface area (Å²) >= 11 is 0.939. The van der Waals surface area contributed by atoms with Gasteiger partial charge in [-0.1, -0.05) is 25.1 Å². The molecule has 0 bridgehead atoms. The van der Waals surface area contributed by atoms with Crippen molar-refractivity contribution in [2.24, 2.45) is 0 Å². The number of esters is 1. The Labute approximate surface area is 202 Å². The molecule has 11 heteroatoms. The molecule has 3 aromatic rings. The molecule has 2 aromatic carbocycles. The van der Waals surface area contributed by atoms with Gasteiger partial charge in [0.2, 0.25) is 5.91 Å². The minimum absolute atomic E-state index is 0.0640. The van der Waals surface area contributed by atoms with E-state index in [1.165, 1.54) is 30.3 Å². The largest absolute Gasteiger partial charge is 0.463 e. The number of nitrogens with zero attached hydrogens (tertiary/aromatic N) is 2. The molecule has 0 spiro atoms. The molecule has 0 aliphatic carbocycles. The van der Waals surface area contributed by atoms with Gasteiger partial charge in [0.1, 0.15) is 17.0 Å². The van der Waals surface area contributed by atoms with Crippen LogP contribution < -0.4 is 20.1 Å². The number of ether oxygens (including phenoxy) is 1. The summed E-state index contributed by atoms with van der Waals surface area (Å²) in [6.45, 7) is 3.11. The van der Waals surface area contributed by atoms with Gasteiger partial charge in [0.15, 0.2) is 0 Å². The van der Waals surface area contributed by atoms with E-state index in [1.807, 2.05) is 0 Å². The predicted molar refractivity (Wildman–Crippen MR) is 130 cm³/mol. The average molecular weight is 500 g/mol. The predicted octanol–water partition coefficient (Wildman–Crippen LogP) is 2.33. The number of nitro benzene ring substituents is 1. The third kappa shape index (κ3) is 6.48. The van der Waals surface area contributed by atoms with Gasteiger partial charge < -0.3 is 10.1 Å². The van der Waals surface area contributed by atoms with Crippen LogP contribution >= 0.6 is 11.3 Å². The lowest BCUT2D eigenvalue weighted by Gasteiger charge is -2.06. The highest BCUT2D eigenvalue weighted by Crippen LogP contribution is 2.21. The first-order chi connectivity index (χ1) is 16.7. The Hall–Kier alpha value is -4.12. The number of carbonyl (C=O) groups excluding carboxylic acids is 2. The zero-order valence-electron chi connectivity index (χ0n) is 18.9. The van der Waals surface area contributed by atoms with E-state index in [0.29, 0.717) is 17.5 Å². The molecule has 182 valence electrons. The summed E-state index contributed by atoms with van der Waals surface area (Å²) in [4.78, 5) is 48.6. The van der Waals surface area contributed by atoms with Gasteiger partial charge in [-0.15, -0.1) is 11.3 Å². The second-order valence-electron chi connectivity index (χ2n) is 7.29. The molecular formula is C24H22FN3O6S. The molecule has 0 atom stereocenters. The smallest absolute Gasteiger partial charge is 0.333 e. The van der Waals surface area contributed by atoms with Gasteiger partial charge in [0.05, 0.1) is 22.1 Å². The van der Waals surface area contributed by atoms with Crippen molar-refractivity contribution < 1.29 is 23.6 Å². The summed E-state index contributed by atoms with van der Waals surface area (Å²) in [6, 6.07) is 9.92. The van der Waals surface area contributed by atoms with Gasteiger partial charge in [-0.2, -0.15) is 0 Å². The number of carbonyl (C=O) groups is 2. The van der Waals surface area contributed by atoms with Crippen LogP contribution in [-0.4, -0.2) is 28.0 Å². The molecule has 0 unspecified atom stereocenters. The number of benzene rings is 2. The summed E-state index contributed by atoms with van der Waals surface area (Å²) in [5.41, 5.74) is 0.560. The van der Waals surface area contributed by atoms with E-state index in [9.17, 15) is 28.9 Å². The maximum atomic E-state index is 13.4. The fourth-order valence-electron chi connectivity index (χ4n) is 3.28. The van der Waals surface area contributed by atoms with Crippen LogP contribution in [0.25, 0.3) is 12.2 Å². The van der Waals surface area contributed by atoms with E-state index in [1.54, 1.807) is 26.0 Å². The molecule has 0 saturated carbocycles. The standard InChI is InChI=1S/C24H22FN3O6S/c1-3-16-9-8-15(10-19(16)28(32)33)11-20-24(31)27(22(35-20)13-23(30)34-4-2)14-21(29)26-18-7-5-6-17(25)12-18/h5-13H,3-4,14H2,1-2H3,(H,26,29)/b20-11-,22-13-. The van der Waals surface area contributed by atoms with Crippen LogP contribution in [0.4, 0.5) is 15.8 Å². The number of amides is 1. The highest BCUT2D eigenvalue weighted by molar-refractivity contribution is 7.07. The molecule has 1 heterocycles. The van der Waals surface area contributed by atoms with Crippen molar-refractivity contribution in [1.82, 2.24) is 4.57 Å². The lowest BCUT2D eigenvalue weighted by molar-refractivity contribution is -0.385. The van der Waals surface area contributed by atoms with Gasteiger partial charge in [-0.3, -0.25) is 24.3 Å². The number of anilines is 1. The van der Waals surface area contributed by atoms with Crippen LogP contribution in [-0.2, 0) is 27.3 Å².